The van der Waals surface area contributed by atoms with Gasteiger partial charge in [0.05, 0.1) is 29.3 Å². The molecule has 0 N–H and O–H groups in total. The van der Waals surface area contributed by atoms with Crippen molar-refractivity contribution in [1.29, 1.82) is 0 Å². The van der Waals surface area contributed by atoms with Crippen molar-refractivity contribution in [3.05, 3.63) is 69.8 Å². The second-order valence-corrected chi connectivity index (χ2v) is 10.4. The van der Waals surface area contributed by atoms with Crippen molar-refractivity contribution in [3.63, 3.8) is 0 Å². The third-order valence-electron chi connectivity index (χ3n) is 7.77. The molecule has 1 aromatic carbocycles. The van der Waals surface area contributed by atoms with Crippen LogP contribution in [0.25, 0.3) is 22.2 Å². The zero-order valence-electron chi connectivity index (χ0n) is 21.6. The fraction of sp³-hybridized carbons (Fsp3) is 0.407. The summed E-state index contributed by atoms with van der Waals surface area (Å²) in [5, 5.41) is 4.47. The van der Waals surface area contributed by atoms with Gasteiger partial charge in [-0.15, -0.1) is 0 Å². The van der Waals surface area contributed by atoms with Crippen molar-refractivity contribution in [3.8, 4) is 11.3 Å². The third-order valence-corrected chi connectivity index (χ3v) is 7.77. The number of rotatable bonds is 3. The summed E-state index contributed by atoms with van der Waals surface area (Å²) in [5.41, 5.74) is -0.975. The molecule has 39 heavy (non-hydrogen) atoms. The Bertz CT molecular complexity index is 1660. The van der Waals surface area contributed by atoms with Crippen LogP contribution < -0.4 is 10.5 Å². The number of pyridine rings is 1. The number of morpholine rings is 1. The standard InChI is InChI=1S/C27H26F4N6O2/c1-15-33-24-19(25(38)36(15)3)10-22(34-23(24)18-6-5-17(9-20(18)28)27(29,30)31)37-13-21(16-11-32-35(2)12-16)39-26(14-37)7-4-8-26/h5-6,9-12,21H,4,7-8,13-14H2,1-3H3/t21-/m1/s1. The summed E-state index contributed by atoms with van der Waals surface area (Å²) in [6, 6.07) is 3.93. The average molecular weight is 543 g/mol. The van der Waals surface area contributed by atoms with Crippen LogP contribution in [0.3, 0.4) is 0 Å². The van der Waals surface area contributed by atoms with Crippen molar-refractivity contribution < 1.29 is 22.3 Å². The lowest BCUT2D eigenvalue weighted by atomic mass is 9.78. The first kappa shape index (κ1) is 25.5. The first-order valence-electron chi connectivity index (χ1n) is 12.6. The minimum atomic E-state index is -4.70. The van der Waals surface area contributed by atoms with Crippen LogP contribution in [0.2, 0.25) is 0 Å². The molecule has 1 aliphatic heterocycles. The van der Waals surface area contributed by atoms with Crippen LogP contribution in [0, 0.1) is 12.7 Å². The van der Waals surface area contributed by atoms with Gasteiger partial charge in [-0.3, -0.25) is 14.0 Å². The van der Waals surface area contributed by atoms with Crippen LogP contribution in [0.5, 0.6) is 0 Å². The number of benzene rings is 1. The molecule has 12 heteroatoms. The molecule has 1 spiro atoms. The molecule has 3 aromatic heterocycles. The highest BCUT2D eigenvalue weighted by Gasteiger charge is 2.46. The Hall–Kier alpha value is -3.80. The Morgan fingerprint density at radius 1 is 1.13 bits per heavy atom. The van der Waals surface area contributed by atoms with Crippen molar-refractivity contribution in [2.75, 3.05) is 18.0 Å². The zero-order valence-corrected chi connectivity index (χ0v) is 21.6. The van der Waals surface area contributed by atoms with Gasteiger partial charge in [-0.05, 0) is 50.5 Å². The van der Waals surface area contributed by atoms with Gasteiger partial charge >= 0.3 is 6.18 Å². The maximum Gasteiger partial charge on any atom is 0.416 e. The molecule has 8 nitrogen and oxygen atoms in total. The van der Waals surface area contributed by atoms with Crippen LogP contribution in [-0.2, 0) is 25.0 Å². The van der Waals surface area contributed by atoms with Crippen LogP contribution >= 0.6 is 0 Å². The Balaban J connectivity index is 1.52. The molecule has 1 saturated carbocycles. The number of fused-ring (bicyclic) bond motifs is 1. The van der Waals surface area contributed by atoms with Gasteiger partial charge in [0.1, 0.15) is 34.8 Å². The molecule has 0 bridgehead atoms. The first-order valence-corrected chi connectivity index (χ1v) is 12.6. The number of aromatic nitrogens is 5. The molecule has 0 unspecified atom stereocenters. The second-order valence-electron chi connectivity index (χ2n) is 10.4. The molecule has 2 fully saturated rings. The predicted molar refractivity (Wildman–Crippen MR) is 136 cm³/mol. The maximum absolute atomic E-state index is 15.2. The number of anilines is 1. The molecule has 1 atom stereocenters. The Kier molecular flexibility index (Phi) is 5.79. The Morgan fingerprint density at radius 2 is 1.90 bits per heavy atom. The lowest BCUT2D eigenvalue weighted by molar-refractivity contribution is -0.150. The highest BCUT2D eigenvalue weighted by Crippen LogP contribution is 2.45. The number of ether oxygens (including phenoxy) is 1. The van der Waals surface area contributed by atoms with Gasteiger partial charge in [-0.2, -0.15) is 18.3 Å². The molecule has 0 amide bonds. The molecule has 6 rings (SSSR count). The van der Waals surface area contributed by atoms with E-state index in [1.807, 2.05) is 18.1 Å². The SMILES string of the molecule is Cc1nc2c(-c3ccc(C(F)(F)F)cc3F)nc(N3C[C@H](c4cnn(C)c4)OC4(CCC4)C3)cc2c(=O)n1C. The Labute approximate surface area is 220 Å². The van der Waals surface area contributed by atoms with E-state index in [0.717, 1.165) is 37.0 Å². The number of halogens is 4. The van der Waals surface area contributed by atoms with Gasteiger partial charge in [-0.25, -0.2) is 14.4 Å². The van der Waals surface area contributed by atoms with E-state index in [4.69, 9.17) is 9.72 Å². The summed E-state index contributed by atoms with van der Waals surface area (Å²) in [4.78, 5) is 24.5. The van der Waals surface area contributed by atoms with Crippen molar-refractivity contribution in [1.82, 2.24) is 24.3 Å². The minimum Gasteiger partial charge on any atom is -0.363 e. The van der Waals surface area contributed by atoms with E-state index >= 15 is 4.39 Å². The molecule has 0 radical (unpaired) electrons. The normalized spacial score (nSPS) is 19.1. The van der Waals surface area contributed by atoms with Gasteiger partial charge in [0.15, 0.2) is 0 Å². The minimum absolute atomic E-state index is 0.0154. The highest BCUT2D eigenvalue weighted by atomic mass is 19.4. The lowest BCUT2D eigenvalue weighted by Crippen LogP contribution is -2.56. The molecular formula is C27H26F4N6O2. The molecule has 204 valence electrons. The molecular weight excluding hydrogens is 516 g/mol. The summed E-state index contributed by atoms with van der Waals surface area (Å²) < 4.78 is 64.5. The van der Waals surface area contributed by atoms with Gasteiger partial charge in [-0.1, -0.05) is 0 Å². The Morgan fingerprint density at radius 3 is 2.51 bits per heavy atom. The third kappa shape index (κ3) is 4.36. The molecule has 1 saturated heterocycles. The van der Waals surface area contributed by atoms with E-state index < -0.39 is 23.2 Å². The van der Waals surface area contributed by atoms with E-state index in [1.165, 1.54) is 4.57 Å². The fourth-order valence-corrected chi connectivity index (χ4v) is 5.39. The monoisotopic (exact) mass is 542 g/mol. The average Bonchev–Trinajstić information content (AvgIpc) is 3.31. The van der Waals surface area contributed by atoms with Crippen LogP contribution in [-0.4, -0.2) is 43.0 Å². The predicted octanol–water partition coefficient (Wildman–Crippen LogP) is 4.70. The summed E-state index contributed by atoms with van der Waals surface area (Å²) in [7, 11) is 3.41. The largest absolute Gasteiger partial charge is 0.416 e. The number of hydrogen-bond donors (Lipinski definition) is 0. The van der Waals surface area contributed by atoms with Crippen molar-refractivity contribution in [2.45, 2.75) is 44.1 Å². The number of aryl methyl sites for hydroxylation is 2. The van der Waals surface area contributed by atoms with E-state index in [2.05, 4.69) is 10.1 Å². The van der Waals surface area contributed by atoms with E-state index in [0.29, 0.717) is 30.8 Å². The molecule has 4 heterocycles. The molecule has 4 aromatic rings. The smallest absolute Gasteiger partial charge is 0.363 e. The van der Waals surface area contributed by atoms with Crippen LogP contribution in [0.1, 0.15) is 42.3 Å². The first-order chi connectivity index (χ1) is 18.4. The maximum atomic E-state index is 15.2. The summed E-state index contributed by atoms with van der Waals surface area (Å²) >= 11 is 0. The zero-order chi connectivity index (χ0) is 27.7. The van der Waals surface area contributed by atoms with Gasteiger partial charge < -0.3 is 9.64 Å². The van der Waals surface area contributed by atoms with Gasteiger partial charge in [0.2, 0.25) is 0 Å². The summed E-state index contributed by atoms with van der Waals surface area (Å²) in [5.74, 6) is -0.323. The van der Waals surface area contributed by atoms with Crippen LogP contribution in [0.15, 0.2) is 41.5 Å². The van der Waals surface area contributed by atoms with E-state index in [9.17, 15) is 18.0 Å². The number of nitrogens with zero attached hydrogens (tertiary/aromatic N) is 6. The quantitative estimate of drug-likeness (QED) is 0.350. The lowest BCUT2D eigenvalue weighted by Gasteiger charge is -2.51. The van der Waals surface area contributed by atoms with Crippen LogP contribution in [0.4, 0.5) is 23.4 Å². The second kappa shape index (κ2) is 8.87. The number of hydrogen-bond acceptors (Lipinski definition) is 6. The van der Waals surface area contributed by atoms with Crippen molar-refractivity contribution >= 4 is 16.7 Å². The fourth-order valence-electron chi connectivity index (χ4n) is 5.39. The summed E-state index contributed by atoms with van der Waals surface area (Å²) in [6.07, 6.45) is 1.36. The van der Waals surface area contributed by atoms with Crippen molar-refractivity contribution in [2.24, 2.45) is 14.1 Å². The molecule has 1 aliphatic carbocycles. The molecule has 2 aliphatic rings. The van der Waals surface area contributed by atoms with Gasteiger partial charge in [0.25, 0.3) is 5.56 Å². The topological polar surface area (TPSA) is 78.1 Å². The van der Waals surface area contributed by atoms with Gasteiger partial charge in [0, 0.05) is 38.0 Å². The van der Waals surface area contributed by atoms with E-state index in [1.54, 1.807) is 30.9 Å². The highest BCUT2D eigenvalue weighted by molar-refractivity contribution is 5.93. The summed E-state index contributed by atoms with van der Waals surface area (Å²) in [6.45, 7) is 2.54. The number of alkyl halides is 3. The van der Waals surface area contributed by atoms with E-state index in [-0.39, 0.29) is 33.8 Å².